The summed E-state index contributed by atoms with van der Waals surface area (Å²) >= 11 is 0. The van der Waals surface area contributed by atoms with Crippen molar-refractivity contribution in [2.75, 3.05) is 6.61 Å². The Labute approximate surface area is 112 Å². The van der Waals surface area contributed by atoms with E-state index >= 15 is 0 Å². The first-order chi connectivity index (χ1) is 9.31. The molecule has 0 bridgehead atoms. The third-order valence-electron chi connectivity index (χ3n) is 2.81. The topological polar surface area (TPSA) is 53.2 Å². The highest BCUT2D eigenvalue weighted by Gasteiger charge is 1.98. The highest BCUT2D eigenvalue weighted by Crippen LogP contribution is 2.14. The molecule has 0 atom stereocenters. The van der Waals surface area contributed by atoms with Crippen LogP contribution < -0.4 is 4.74 Å². The molecule has 2 aromatic rings. The fourth-order valence-corrected chi connectivity index (χ4v) is 1.72. The van der Waals surface area contributed by atoms with Gasteiger partial charge in [-0.15, -0.1) is 0 Å². The fourth-order valence-electron chi connectivity index (χ4n) is 1.72. The van der Waals surface area contributed by atoms with Crippen LogP contribution in [0.15, 0.2) is 48.5 Å². The van der Waals surface area contributed by atoms with Gasteiger partial charge in [-0.25, -0.2) is 0 Å². The van der Waals surface area contributed by atoms with Crippen molar-refractivity contribution in [3.63, 3.8) is 0 Å². The third-order valence-corrected chi connectivity index (χ3v) is 2.81. The second kappa shape index (κ2) is 6.58. The van der Waals surface area contributed by atoms with E-state index in [-0.39, 0.29) is 6.61 Å². The molecule has 3 nitrogen and oxygen atoms in total. The molecule has 2 rings (SSSR count). The summed E-state index contributed by atoms with van der Waals surface area (Å²) in [5.74, 6) is 0.797. The maximum absolute atomic E-state index is 8.83. The molecule has 0 heterocycles. The van der Waals surface area contributed by atoms with Crippen LogP contribution in [0.1, 0.15) is 16.7 Å². The zero-order valence-corrected chi connectivity index (χ0v) is 10.5. The predicted octanol–water partition coefficient (Wildman–Crippen LogP) is 2.67. The molecule has 0 spiro atoms. The number of ether oxygens (including phenoxy) is 1. The molecular weight excluding hydrogens is 238 g/mol. The van der Waals surface area contributed by atoms with Crippen LogP contribution >= 0.6 is 0 Å². The Morgan fingerprint density at radius 3 is 2.16 bits per heavy atom. The number of rotatable bonds is 5. The summed E-state index contributed by atoms with van der Waals surface area (Å²) in [4.78, 5) is 0. The normalized spacial score (nSPS) is 9.89. The highest BCUT2D eigenvalue weighted by atomic mass is 16.5. The molecule has 0 saturated heterocycles. The third kappa shape index (κ3) is 3.84. The second-order valence-corrected chi connectivity index (χ2v) is 4.21. The van der Waals surface area contributed by atoms with Gasteiger partial charge in [0.25, 0.3) is 0 Å². The van der Waals surface area contributed by atoms with E-state index in [0.717, 1.165) is 16.9 Å². The lowest BCUT2D eigenvalue weighted by Crippen LogP contribution is -1.96. The van der Waals surface area contributed by atoms with Gasteiger partial charge in [-0.3, -0.25) is 0 Å². The van der Waals surface area contributed by atoms with Gasteiger partial charge in [-0.1, -0.05) is 24.3 Å². The number of hydrogen-bond donors (Lipinski definition) is 1. The predicted molar refractivity (Wildman–Crippen MR) is 72.7 cm³/mol. The summed E-state index contributed by atoms with van der Waals surface area (Å²) in [5, 5.41) is 17.5. The minimum absolute atomic E-state index is 0.158. The largest absolute Gasteiger partial charge is 0.489 e. The van der Waals surface area contributed by atoms with E-state index in [4.69, 9.17) is 15.1 Å². The van der Waals surface area contributed by atoms with Crippen LogP contribution in [0.3, 0.4) is 0 Å². The summed E-state index contributed by atoms with van der Waals surface area (Å²) in [6.45, 7) is 0.635. The lowest BCUT2D eigenvalue weighted by atomic mass is 10.1. The first-order valence-electron chi connectivity index (χ1n) is 6.13. The minimum Gasteiger partial charge on any atom is -0.489 e. The van der Waals surface area contributed by atoms with Crippen LogP contribution in [0.5, 0.6) is 5.75 Å². The Balaban J connectivity index is 1.92. The van der Waals surface area contributed by atoms with Gasteiger partial charge in [0, 0.05) is 6.61 Å². The van der Waals surface area contributed by atoms with Crippen molar-refractivity contribution in [3.05, 3.63) is 65.2 Å². The molecule has 0 amide bonds. The molecule has 0 aliphatic heterocycles. The van der Waals surface area contributed by atoms with Gasteiger partial charge >= 0.3 is 0 Å². The molecule has 1 N–H and O–H groups in total. The van der Waals surface area contributed by atoms with Gasteiger partial charge in [0.1, 0.15) is 12.4 Å². The van der Waals surface area contributed by atoms with Crippen LogP contribution in [-0.2, 0) is 13.0 Å². The molecule has 3 heteroatoms. The van der Waals surface area contributed by atoms with Crippen LogP contribution in [-0.4, -0.2) is 11.7 Å². The van der Waals surface area contributed by atoms with Gasteiger partial charge in [-0.05, 0) is 41.8 Å². The molecule has 0 aromatic heterocycles. The summed E-state index contributed by atoms with van der Waals surface area (Å²) < 4.78 is 5.65. The van der Waals surface area contributed by atoms with Gasteiger partial charge in [-0.2, -0.15) is 5.26 Å². The SMILES string of the molecule is N#Cc1ccc(COc2ccc(CCO)cc2)cc1. The fraction of sp³-hybridized carbons (Fsp3) is 0.188. The van der Waals surface area contributed by atoms with E-state index in [1.165, 1.54) is 0 Å². The van der Waals surface area contributed by atoms with Gasteiger partial charge in [0.15, 0.2) is 0 Å². The Hall–Kier alpha value is -2.31. The van der Waals surface area contributed by atoms with Crippen LogP contribution in [0.2, 0.25) is 0 Å². The van der Waals surface area contributed by atoms with Crippen LogP contribution in [0.25, 0.3) is 0 Å². The molecule has 0 unspecified atom stereocenters. The lowest BCUT2D eigenvalue weighted by molar-refractivity contribution is 0.298. The molecule has 0 radical (unpaired) electrons. The van der Waals surface area contributed by atoms with Crippen molar-refractivity contribution >= 4 is 0 Å². The maximum atomic E-state index is 8.83. The summed E-state index contributed by atoms with van der Waals surface area (Å²) in [6, 6.07) is 17.1. The van der Waals surface area contributed by atoms with Gasteiger partial charge < -0.3 is 9.84 Å². The molecule has 0 aliphatic rings. The highest BCUT2D eigenvalue weighted by molar-refractivity contribution is 5.32. The van der Waals surface area contributed by atoms with E-state index in [9.17, 15) is 0 Å². The Morgan fingerprint density at radius 1 is 0.947 bits per heavy atom. The number of benzene rings is 2. The van der Waals surface area contributed by atoms with Crippen molar-refractivity contribution in [2.45, 2.75) is 13.0 Å². The quantitative estimate of drug-likeness (QED) is 0.891. The molecule has 0 aliphatic carbocycles. The smallest absolute Gasteiger partial charge is 0.119 e. The Bertz CT molecular complexity index is 553. The average Bonchev–Trinajstić information content (AvgIpc) is 2.47. The van der Waals surface area contributed by atoms with Crippen molar-refractivity contribution in [1.82, 2.24) is 0 Å². The maximum Gasteiger partial charge on any atom is 0.119 e. The monoisotopic (exact) mass is 253 g/mol. The first-order valence-corrected chi connectivity index (χ1v) is 6.13. The van der Waals surface area contributed by atoms with E-state index in [0.29, 0.717) is 18.6 Å². The van der Waals surface area contributed by atoms with E-state index in [2.05, 4.69) is 6.07 Å². The lowest BCUT2D eigenvalue weighted by Gasteiger charge is -2.07. The summed E-state index contributed by atoms with van der Waals surface area (Å²) in [6.07, 6.45) is 0.663. The second-order valence-electron chi connectivity index (χ2n) is 4.21. The Kier molecular flexibility index (Phi) is 4.54. The van der Waals surface area contributed by atoms with E-state index < -0.39 is 0 Å². The van der Waals surface area contributed by atoms with Crippen molar-refractivity contribution in [1.29, 1.82) is 5.26 Å². The van der Waals surface area contributed by atoms with Crippen molar-refractivity contribution in [2.24, 2.45) is 0 Å². The summed E-state index contributed by atoms with van der Waals surface area (Å²) in [5.41, 5.74) is 2.77. The number of nitriles is 1. The number of nitrogens with zero attached hydrogens (tertiary/aromatic N) is 1. The molecular formula is C16H15NO2. The van der Waals surface area contributed by atoms with Crippen LogP contribution in [0.4, 0.5) is 0 Å². The van der Waals surface area contributed by atoms with Crippen LogP contribution in [0, 0.1) is 11.3 Å². The van der Waals surface area contributed by atoms with E-state index in [1.54, 1.807) is 12.1 Å². The van der Waals surface area contributed by atoms with E-state index in [1.807, 2.05) is 36.4 Å². The number of aliphatic hydroxyl groups is 1. The zero-order valence-electron chi connectivity index (χ0n) is 10.5. The standard InChI is InChI=1S/C16H15NO2/c17-11-14-1-3-15(4-2-14)12-19-16-7-5-13(6-8-16)9-10-18/h1-8,18H,9-10,12H2. The van der Waals surface area contributed by atoms with Gasteiger partial charge in [0.05, 0.1) is 11.6 Å². The molecule has 0 saturated carbocycles. The molecule has 0 fully saturated rings. The molecule has 19 heavy (non-hydrogen) atoms. The van der Waals surface area contributed by atoms with Crippen molar-refractivity contribution < 1.29 is 9.84 Å². The van der Waals surface area contributed by atoms with Gasteiger partial charge in [0.2, 0.25) is 0 Å². The summed E-state index contributed by atoms with van der Waals surface area (Å²) in [7, 11) is 0. The number of hydrogen-bond acceptors (Lipinski definition) is 3. The molecule has 96 valence electrons. The first kappa shape index (κ1) is 13.1. The number of aliphatic hydroxyl groups excluding tert-OH is 1. The Morgan fingerprint density at radius 2 is 1.58 bits per heavy atom. The molecule has 2 aromatic carbocycles. The van der Waals surface area contributed by atoms with Crippen molar-refractivity contribution in [3.8, 4) is 11.8 Å². The minimum atomic E-state index is 0.158. The zero-order chi connectivity index (χ0) is 13.5. The average molecular weight is 253 g/mol.